The first-order valence-corrected chi connectivity index (χ1v) is 11.4. The molecule has 29 heavy (non-hydrogen) atoms. The maximum Gasteiger partial charge on any atom is 0.254 e. The molecule has 0 aromatic heterocycles. The number of halogens is 3. The number of hydrogen-bond acceptors (Lipinski definition) is 8. The Morgan fingerprint density at radius 2 is 1.48 bits per heavy atom. The quantitative estimate of drug-likeness (QED) is 0.142. The van der Waals surface area contributed by atoms with Crippen molar-refractivity contribution >= 4 is 85.3 Å². The number of anilines is 1. The molecule has 0 saturated heterocycles. The molecule has 1 rings (SSSR count). The van der Waals surface area contributed by atoms with Gasteiger partial charge in [-0.15, -0.1) is 0 Å². The Morgan fingerprint density at radius 1 is 0.931 bits per heavy atom. The molecule has 1 aromatic rings. The summed E-state index contributed by atoms with van der Waals surface area (Å²) in [5, 5.41) is 61.7. The van der Waals surface area contributed by atoms with Crippen LogP contribution in [0.1, 0.15) is 22.3 Å². The lowest BCUT2D eigenvalue weighted by molar-refractivity contribution is -0.124. The van der Waals surface area contributed by atoms with Gasteiger partial charge in [-0.1, -0.05) is 0 Å². The second-order valence-electron chi connectivity index (χ2n) is 6.05. The zero-order chi connectivity index (χ0) is 22.4. The molecule has 0 aliphatic heterocycles. The minimum Gasteiger partial charge on any atom is -0.396 e. The van der Waals surface area contributed by atoms with Crippen LogP contribution in [0.3, 0.4) is 0 Å². The number of aliphatic hydroxyl groups is 6. The highest BCUT2D eigenvalue weighted by molar-refractivity contribution is 14.1. The van der Waals surface area contributed by atoms with Gasteiger partial charge in [0.15, 0.2) is 0 Å². The minimum absolute atomic E-state index is 0.0577. The van der Waals surface area contributed by atoms with Crippen LogP contribution < -0.4 is 10.6 Å². The van der Waals surface area contributed by atoms with E-state index >= 15 is 0 Å². The summed E-state index contributed by atoms with van der Waals surface area (Å²) in [6.45, 7) is -2.98. The van der Waals surface area contributed by atoms with Crippen LogP contribution in [0.5, 0.6) is 0 Å². The van der Waals surface area contributed by atoms with Gasteiger partial charge in [-0.05, 0) is 67.8 Å². The first-order valence-electron chi connectivity index (χ1n) is 8.18. The van der Waals surface area contributed by atoms with E-state index < -0.39 is 56.5 Å². The molecule has 0 aliphatic rings. The lowest BCUT2D eigenvalue weighted by Gasteiger charge is -2.29. The summed E-state index contributed by atoms with van der Waals surface area (Å²) in [4.78, 5) is 25.1. The van der Waals surface area contributed by atoms with Gasteiger partial charge in [-0.3, -0.25) is 9.59 Å². The van der Waals surface area contributed by atoms with Crippen molar-refractivity contribution in [3.8, 4) is 0 Å². The van der Waals surface area contributed by atoms with E-state index in [1.165, 1.54) is 0 Å². The van der Waals surface area contributed by atoms with Crippen molar-refractivity contribution in [1.82, 2.24) is 5.32 Å². The van der Waals surface area contributed by atoms with Gasteiger partial charge in [-0.2, -0.15) is 0 Å². The molecule has 0 spiro atoms. The molecule has 0 bridgehead atoms. The van der Waals surface area contributed by atoms with Gasteiger partial charge in [0.05, 0.1) is 41.2 Å². The Kier molecular flexibility index (Phi) is 11.4. The maximum absolute atomic E-state index is 12.9. The Hall–Kier alpha value is 0.110. The van der Waals surface area contributed by atoms with Gasteiger partial charge in [0.25, 0.3) is 11.8 Å². The van der Waals surface area contributed by atoms with Gasteiger partial charge in [-0.25, -0.2) is 0 Å². The van der Waals surface area contributed by atoms with Crippen molar-refractivity contribution < 1.29 is 40.2 Å². The number of hydrogen-bond donors (Lipinski definition) is 8. The van der Waals surface area contributed by atoms with E-state index in [4.69, 9.17) is 5.11 Å². The van der Waals surface area contributed by atoms with E-state index in [2.05, 4.69) is 10.6 Å². The van der Waals surface area contributed by atoms with Gasteiger partial charge in [0, 0.05) is 25.7 Å². The zero-order valence-electron chi connectivity index (χ0n) is 15.0. The molecule has 10 nitrogen and oxygen atoms in total. The second-order valence-corrected chi connectivity index (χ2v) is 9.29. The highest BCUT2D eigenvalue weighted by atomic mass is 127. The van der Waals surface area contributed by atoms with Crippen molar-refractivity contribution in [3.63, 3.8) is 0 Å². The molecule has 0 saturated carbocycles. The number of aliphatic hydroxyl groups excluding tert-OH is 6. The van der Waals surface area contributed by atoms with Crippen molar-refractivity contribution in [1.29, 1.82) is 0 Å². The lowest BCUT2D eigenvalue weighted by Crippen LogP contribution is -2.57. The predicted octanol–water partition coefficient (Wildman–Crippen LogP) is -0.880. The van der Waals surface area contributed by atoms with Crippen LogP contribution >= 0.6 is 67.8 Å². The summed E-state index contributed by atoms with van der Waals surface area (Å²) < 4.78 is 1.13. The third-order valence-corrected chi connectivity index (χ3v) is 7.49. The smallest absolute Gasteiger partial charge is 0.254 e. The average Bonchev–Trinajstić information content (AvgIpc) is 2.69. The number of amides is 2. The van der Waals surface area contributed by atoms with Crippen molar-refractivity contribution in [2.24, 2.45) is 0 Å². The topological polar surface area (TPSA) is 180 Å². The molecular formula is C16H21I3N2O8. The summed E-state index contributed by atoms with van der Waals surface area (Å²) in [7, 11) is 0. The fourth-order valence-corrected chi connectivity index (χ4v) is 6.46. The van der Waals surface area contributed by atoms with E-state index in [1.807, 2.05) is 67.8 Å². The second kappa shape index (κ2) is 12.2. The van der Waals surface area contributed by atoms with Crippen LogP contribution in [0, 0.1) is 10.7 Å². The summed E-state index contributed by atoms with van der Waals surface area (Å²) in [5.74, 6) is -1.53. The molecule has 0 aliphatic carbocycles. The van der Waals surface area contributed by atoms with Crippen LogP contribution in [-0.4, -0.2) is 80.5 Å². The molecule has 1 atom stereocenters. The van der Waals surface area contributed by atoms with Crippen LogP contribution in [-0.2, 0) is 11.4 Å². The highest BCUT2D eigenvalue weighted by Crippen LogP contribution is 2.36. The summed E-state index contributed by atoms with van der Waals surface area (Å²) in [6, 6.07) is 0. The standard InChI is InChI=1S/C16H21I3N2O8/c17-10-7(3-23)11(18)13(20-14(28)8(27)1-2-22)12(19)9(10)15(29)21-16(4-24,5-25)6-26/h8,22-27H,1-6H2,(H,20,28)(H,21,29). The van der Waals surface area contributed by atoms with E-state index in [0.717, 1.165) is 0 Å². The zero-order valence-corrected chi connectivity index (χ0v) is 21.4. The molecule has 0 fully saturated rings. The van der Waals surface area contributed by atoms with E-state index in [9.17, 15) is 35.1 Å². The minimum atomic E-state index is -1.66. The number of rotatable bonds is 10. The summed E-state index contributed by atoms with van der Waals surface area (Å²) in [6.07, 6.45) is -1.64. The first-order chi connectivity index (χ1) is 13.6. The third kappa shape index (κ3) is 6.31. The number of carbonyl (C=O) groups excluding carboxylic acids is 2. The number of benzene rings is 1. The maximum atomic E-state index is 12.9. The molecule has 0 radical (unpaired) electrons. The first kappa shape index (κ1) is 27.1. The number of nitrogens with one attached hydrogen (secondary N) is 2. The van der Waals surface area contributed by atoms with Gasteiger partial charge in [0.2, 0.25) is 0 Å². The summed E-state index contributed by atoms with van der Waals surface area (Å²) in [5.41, 5.74) is -1.06. The molecule has 13 heteroatoms. The fraction of sp³-hybridized carbons (Fsp3) is 0.500. The third-order valence-electron chi connectivity index (χ3n) is 4.03. The molecular weight excluding hydrogens is 729 g/mol. The van der Waals surface area contributed by atoms with Gasteiger partial charge in [0.1, 0.15) is 11.6 Å². The molecule has 1 unspecified atom stereocenters. The predicted molar refractivity (Wildman–Crippen MR) is 128 cm³/mol. The van der Waals surface area contributed by atoms with Crippen molar-refractivity contribution in [2.75, 3.05) is 31.7 Å². The normalized spacial score (nSPS) is 12.6. The van der Waals surface area contributed by atoms with Crippen LogP contribution in [0.25, 0.3) is 0 Å². The Labute approximate surface area is 207 Å². The molecule has 164 valence electrons. The average molecular weight is 750 g/mol. The fourth-order valence-electron chi connectivity index (χ4n) is 2.20. The summed E-state index contributed by atoms with van der Waals surface area (Å²) >= 11 is 5.57. The van der Waals surface area contributed by atoms with Gasteiger partial charge >= 0.3 is 0 Å². The highest BCUT2D eigenvalue weighted by Gasteiger charge is 2.33. The van der Waals surface area contributed by atoms with Crippen molar-refractivity contribution in [3.05, 3.63) is 21.8 Å². The van der Waals surface area contributed by atoms with E-state index in [-0.39, 0.29) is 17.7 Å². The van der Waals surface area contributed by atoms with Crippen LogP contribution in [0.15, 0.2) is 0 Å². The van der Waals surface area contributed by atoms with E-state index in [1.54, 1.807) is 0 Å². The van der Waals surface area contributed by atoms with Crippen molar-refractivity contribution in [2.45, 2.75) is 24.7 Å². The molecule has 8 N–H and O–H groups in total. The largest absolute Gasteiger partial charge is 0.396 e. The van der Waals surface area contributed by atoms with Crippen LogP contribution in [0.4, 0.5) is 5.69 Å². The Balaban J connectivity index is 3.49. The molecule has 2 amide bonds. The lowest BCUT2D eigenvalue weighted by atomic mass is 10.0. The van der Waals surface area contributed by atoms with Crippen LogP contribution in [0.2, 0.25) is 0 Å². The van der Waals surface area contributed by atoms with Gasteiger partial charge < -0.3 is 41.3 Å². The Morgan fingerprint density at radius 3 is 1.93 bits per heavy atom. The monoisotopic (exact) mass is 750 g/mol. The molecule has 1 aromatic carbocycles. The molecule has 0 heterocycles. The SMILES string of the molecule is O=C(NC(CO)(CO)CO)c1c(I)c(CO)c(I)c(NC(=O)C(O)CCO)c1I. The number of carbonyl (C=O) groups is 2. The van der Waals surface area contributed by atoms with E-state index in [0.29, 0.717) is 16.3 Å². The Bertz CT molecular complexity index is 750.